The predicted molar refractivity (Wildman–Crippen MR) is 120 cm³/mol. The van der Waals surface area contributed by atoms with Gasteiger partial charge in [0.2, 0.25) is 0 Å². The Kier molecular flexibility index (Phi) is 4.90. The summed E-state index contributed by atoms with van der Waals surface area (Å²) >= 11 is 0. The highest BCUT2D eigenvalue weighted by molar-refractivity contribution is 5.97. The van der Waals surface area contributed by atoms with E-state index in [1.165, 1.54) is 12.1 Å². The molecule has 4 aromatic rings. The van der Waals surface area contributed by atoms with E-state index in [0.29, 0.717) is 18.7 Å². The summed E-state index contributed by atoms with van der Waals surface area (Å²) in [5, 5.41) is 0. The summed E-state index contributed by atoms with van der Waals surface area (Å²) in [5.74, 6) is 0.671. The van der Waals surface area contributed by atoms with Gasteiger partial charge >= 0.3 is 0 Å². The molecule has 1 fully saturated rings. The Morgan fingerprint density at radius 3 is 2.29 bits per heavy atom. The summed E-state index contributed by atoms with van der Waals surface area (Å²) in [6.07, 6.45) is 0. The van der Waals surface area contributed by atoms with Crippen LogP contribution in [-0.2, 0) is 0 Å². The lowest BCUT2D eigenvalue weighted by molar-refractivity contribution is 0.0747. The zero-order valence-corrected chi connectivity index (χ0v) is 17.3. The van der Waals surface area contributed by atoms with Crippen molar-refractivity contribution in [3.8, 4) is 5.69 Å². The molecule has 156 valence electrons. The maximum atomic E-state index is 13.2. The summed E-state index contributed by atoms with van der Waals surface area (Å²) in [7, 11) is 0. The highest BCUT2D eigenvalue weighted by Gasteiger charge is 2.23. The molecule has 0 saturated carbocycles. The number of hydrogen-bond donors (Lipinski definition) is 0. The fourth-order valence-corrected chi connectivity index (χ4v) is 4.24. The van der Waals surface area contributed by atoms with Crippen LogP contribution >= 0.6 is 0 Å². The van der Waals surface area contributed by atoms with E-state index in [9.17, 15) is 9.18 Å². The fourth-order valence-electron chi connectivity index (χ4n) is 4.24. The number of carbonyl (C=O) groups excluding carboxylic acids is 1. The molecule has 5 rings (SSSR count). The maximum absolute atomic E-state index is 13.2. The molecule has 1 amide bonds. The molecule has 0 unspecified atom stereocenters. The van der Waals surface area contributed by atoms with Crippen LogP contribution in [0.15, 0.2) is 72.8 Å². The van der Waals surface area contributed by atoms with Gasteiger partial charge < -0.3 is 9.80 Å². The van der Waals surface area contributed by atoms with Crippen LogP contribution in [0, 0.1) is 12.7 Å². The van der Waals surface area contributed by atoms with Gasteiger partial charge in [-0.2, -0.15) is 0 Å². The van der Waals surface area contributed by atoms with Gasteiger partial charge in [0.15, 0.2) is 0 Å². The van der Waals surface area contributed by atoms with Gasteiger partial charge in [0.1, 0.15) is 11.6 Å². The normalized spacial score (nSPS) is 14.3. The molecule has 3 aromatic carbocycles. The summed E-state index contributed by atoms with van der Waals surface area (Å²) < 4.78 is 15.3. The molecular weight excluding hydrogens is 391 g/mol. The van der Waals surface area contributed by atoms with Crippen LogP contribution in [-0.4, -0.2) is 46.5 Å². The van der Waals surface area contributed by atoms with Gasteiger partial charge in [0.25, 0.3) is 5.91 Å². The van der Waals surface area contributed by atoms with E-state index in [2.05, 4.69) is 14.5 Å². The number of hydrogen-bond acceptors (Lipinski definition) is 3. The first kappa shape index (κ1) is 19.3. The second-order valence-electron chi connectivity index (χ2n) is 7.79. The third kappa shape index (κ3) is 3.65. The van der Waals surface area contributed by atoms with Crippen LogP contribution in [0.2, 0.25) is 0 Å². The molecule has 31 heavy (non-hydrogen) atoms. The number of carbonyl (C=O) groups is 1. The number of rotatable bonds is 3. The fraction of sp³-hybridized carbons (Fsp3) is 0.200. The van der Waals surface area contributed by atoms with Crippen molar-refractivity contribution in [3.05, 3.63) is 90.0 Å². The minimum Gasteiger partial charge on any atom is -0.368 e. The van der Waals surface area contributed by atoms with E-state index >= 15 is 0 Å². The largest absolute Gasteiger partial charge is 0.368 e. The molecule has 0 aliphatic carbocycles. The van der Waals surface area contributed by atoms with E-state index in [4.69, 9.17) is 0 Å². The van der Waals surface area contributed by atoms with Gasteiger partial charge in [-0.05, 0) is 61.5 Å². The van der Waals surface area contributed by atoms with Gasteiger partial charge in [-0.25, -0.2) is 9.37 Å². The van der Waals surface area contributed by atoms with Crippen molar-refractivity contribution in [1.29, 1.82) is 0 Å². The van der Waals surface area contributed by atoms with Crippen molar-refractivity contribution in [2.24, 2.45) is 0 Å². The Morgan fingerprint density at radius 2 is 1.58 bits per heavy atom. The molecular formula is C25H23FN4O. The smallest absolute Gasteiger partial charge is 0.254 e. The average Bonchev–Trinajstić information content (AvgIpc) is 3.14. The van der Waals surface area contributed by atoms with Crippen molar-refractivity contribution in [3.63, 3.8) is 0 Å². The number of fused-ring (bicyclic) bond motifs is 1. The molecule has 6 heteroatoms. The Morgan fingerprint density at radius 1 is 0.871 bits per heavy atom. The highest BCUT2D eigenvalue weighted by atomic mass is 19.1. The number of aryl methyl sites for hydroxylation is 1. The van der Waals surface area contributed by atoms with Gasteiger partial charge in [0.05, 0.1) is 11.0 Å². The number of nitrogens with zero attached hydrogens (tertiary/aromatic N) is 4. The number of piperazine rings is 1. The molecule has 0 atom stereocenters. The topological polar surface area (TPSA) is 41.4 Å². The first-order valence-electron chi connectivity index (χ1n) is 10.4. The summed E-state index contributed by atoms with van der Waals surface area (Å²) in [6, 6.07) is 22.4. The lowest BCUT2D eigenvalue weighted by Crippen LogP contribution is -2.48. The molecule has 1 aliphatic heterocycles. The average molecular weight is 414 g/mol. The van der Waals surface area contributed by atoms with Gasteiger partial charge in [-0.15, -0.1) is 0 Å². The molecule has 1 aliphatic rings. The lowest BCUT2D eigenvalue weighted by Gasteiger charge is -2.36. The van der Waals surface area contributed by atoms with Crippen LogP contribution in [0.5, 0.6) is 0 Å². The van der Waals surface area contributed by atoms with Crippen molar-refractivity contribution in [2.45, 2.75) is 6.92 Å². The third-order valence-corrected chi connectivity index (χ3v) is 5.84. The second kappa shape index (κ2) is 7.87. The Bertz CT molecular complexity index is 1230. The first-order chi connectivity index (χ1) is 15.1. The molecule has 5 nitrogen and oxygen atoms in total. The number of benzene rings is 3. The highest BCUT2D eigenvalue weighted by Crippen LogP contribution is 2.24. The second-order valence-corrected chi connectivity index (χ2v) is 7.79. The van der Waals surface area contributed by atoms with Gasteiger partial charge in [-0.1, -0.05) is 18.2 Å². The zero-order chi connectivity index (χ0) is 21.4. The third-order valence-electron chi connectivity index (χ3n) is 5.84. The number of imidazole rings is 1. The summed E-state index contributed by atoms with van der Waals surface area (Å²) in [6.45, 7) is 4.68. The standard InChI is InChI=1S/C25H23FN4O/c1-18-27-23-17-19(7-12-24(23)30(18)22-5-3-2-4-6-22)25(31)29-15-13-28(14-16-29)21-10-8-20(26)9-11-21/h2-12,17H,13-16H2,1H3. The number of para-hydroxylation sites is 1. The quantitative estimate of drug-likeness (QED) is 0.498. The van der Waals surface area contributed by atoms with Crippen LogP contribution in [0.4, 0.5) is 10.1 Å². The number of amides is 1. The molecule has 1 aromatic heterocycles. The molecule has 0 radical (unpaired) electrons. The summed E-state index contributed by atoms with van der Waals surface area (Å²) in [5.41, 5.74) is 4.49. The first-order valence-corrected chi connectivity index (χ1v) is 10.4. The van der Waals surface area contributed by atoms with Crippen LogP contribution < -0.4 is 4.90 Å². The number of anilines is 1. The minimum absolute atomic E-state index is 0.0209. The Balaban J connectivity index is 1.34. The molecule has 0 N–H and O–H groups in total. The Labute approximate surface area is 180 Å². The van der Waals surface area contributed by atoms with E-state index in [-0.39, 0.29) is 11.7 Å². The van der Waals surface area contributed by atoms with E-state index in [0.717, 1.165) is 41.3 Å². The van der Waals surface area contributed by atoms with E-state index < -0.39 is 0 Å². The Hall–Kier alpha value is -3.67. The summed E-state index contributed by atoms with van der Waals surface area (Å²) in [4.78, 5) is 21.9. The molecule has 1 saturated heterocycles. The molecule has 0 spiro atoms. The maximum Gasteiger partial charge on any atom is 0.254 e. The van der Waals surface area contributed by atoms with Crippen LogP contribution in [0.1, 0.15) is 16.2 Å². The van der Waals surface area contributed by atoms with Crippen molar-refractivity contribution >= 4 is 22.6 Å². The molecule has 2 heterocycles. The van der Waals surface area contributed by atoms with Gasteiger partial charge in [0, 0.05) is 43.1 Å². The lowest BCUT2D eigenvalue weighted by atomic mass is 10.1. The van der Waals surface area contributed by atoms with E-state index in [1.807, 2.05) is 60.4 Å². The van der Waals surface area contributed by atoms with Gasteiger partial charge in [-0.3, -0.25) is 9.36 Å². The van der Waals surface area contributed by atoms with Crippen LogP contribution in [0.25, 0.3) is 16.7 Å². The number of aromatic nitrogens is 2. The minimum atomic E-state index is -0.238. The van der Waals surface area contributed by atoms with Crippen molar-refractivity contribution < 1.29 is 9.18 Å². The van der Waals surface area contributed by atoms with E-state index in [1.54, 1.807) is 12.1 Å². The molecule has 0 bridgehead atoms. The van der Waals surface area contributed by atoms with Crippen LogP contribution in [0.3, 0.4) is 0 Å². The predicted octanol–water partition coefficient (Wildman–Crippen LogP) is 4.44. The SMILES string of the molecule is Cc1nc2cc(C(=O)N3CCN(c4ccc(F)cc4)CC3)ccc2n1-c1ccccc1. The van der Waals surface area contributed by atoms with Crippen molar-refractivity contribution in [1.82, 2.24) is 14.5 Å². The monoisotopic (exact) mass is 414 g/mol. The van der Waals surface area contributed by atoms with Crippen molar-refractivity contribution in [2.75, 3.05) is 31.1 Å². The number of halogens is 1. The zero-order valence-electron chi connectivity index (χ0n) is 17.3.